The third-order valence-electron chi connectivity index (χ3n) is 3.91. The lowest BCUT2D eigenvalue weighted by Crippen LogP contribution is -2.46. The van der Waals surface area contributed by atoms with E-state index in [4.69, 9.17) is 16.4 Å². The van der Waals surface area contributed by atoms with E-state index in [1.807, 2.05) is 0 Å². The summed E-state index contributed by atoms with van der Waals surface area (Å²) in [5, 5.41) is 3.79. The van der Waals surface area contributed by atoms with Gasteiger partial charge in [-0.05, 0) is 18.2 Å². The number of carbonyl (C=O) groups excluding carboxylic acids is 1. The van der Waals surface area contributed by atoms with Crippen LogP contribution in [-0.2, 0) is 4.84 Å². The third kappa shape index (κ3) is 2.38. The van der Waals surface area contributed by atoms with Gasteiger partial charge < -0.3 is 9.74 Å². The molecule has 0 aromatic heterocycles. The molecule has 0 unspecified atom stereocenters. The minimum absolute atomic E-state index is 0.0307. The minimum Gasteiger partial charge on any atom is -0.389 e. The van der Waals surface area contributed by atoms with Crippen LogP contribution in [0.5, 0.6) is 0 Å². The second kappa shape index (κ2) is 5.05. The van der Waals surface area contributed by atoms with E-state index in [1.54, 1.807) is 11.1 Å². The first-order valence-electron chi connectivity index (χ1n) is 6.54. The molecule has 0 radical (unpaired) electrons. The van der Waals surface area contributed by atoms with Crippen molar-refractivity contribution >= 4 is 23.7 Å². The van der Waals surface area contributed by atoms with Crippen molar-refractivity contribution in [3.05, 3.63) is 34.6 Å². The largest absolute Gasteiger partial charge is 0.389 e. The Bertz CT molecular complexity index is 558. The van der Waals surface area contributed by atoms with Crippen molar-refractivity contribution in [2.75, 3.05) is 13.1 Å². The van der Waals surface area contributed by atoms with Crippen LogP contribution < -0.4 is 0 Å². The zero-order valence-electron chi connectivity index (χ0n) is 10.8. The topological polar surface area (TPSA) is 41.9 Å². The summed E-state index contributed by atoms with van der Waals surface area (Å²) < 4.78 is 13.1. The fourth-order valence-corrected chi connectivity index (χ4v) is 2.79. The van der Waals surface area contributed by atoms with E-state index in [2.05, 4.69) is 5.16 Å². The molecule has 0 N–H and O–H groups in total. The van der Waals surface area contributed by atoms with Gasteiger partial charge in [0.05, 0.1) is 5.02 Å². The van der Waals surface area contributed by atoms with Crippen molar-refractivity contribution in [3.8, 4) is 0 Å². The molecule has 0 aliphatic carbocycles. The molecule has 1 saturated heterocycles. The highest BCUT2D eigenvalue weighted by molar-refractivity contribution is 6.31. The lowest BCUT2D eigenvalue weighted by molar-refractivity contribution is -0.0568. The highest BCUT2D eigenvalue weighted by Gasteiger charge is 2.40. The first-order valence-corrected chi connectivity index (χ1v) is 6.92. The smallest absolute Gasteiger partial charge is 0.253 e. The molecule has 1 aromatic rings. The lowest BCUT2D eigenvalue weighted by atomic mass is 9.89. The minimum atomic E-state index is -0.516. The second-order valence-electron chi connectivity index (χ2n) is 5.19. The van der Waals surface area contributed by atoms with Crippen LogP contribution in [0.1, 0.15) is 29.6 Å². The summed E-state index contributed by atoms with van der Waals surface area (Å²) in [6, 6.07) is 4.05. The molecule has 1 amide bonds. The molecule has 1 aromatic carbocycles. The number of amides is 1. The molecule has 20 heavy (non-hydrogen) atoms. The monoisotopic (exact) mass is 296 g/mol. The van der Waals surface area contributed by atoms with Crippen LogP contribution in [-0.4, -0.2) is 35.7 Å². The standard InChI is InChI=1S/C14H14ClFN2O2/c15-11-9-10(1-2-12(11)16)13(19)18-7-4-14(5-8-18)3-6-17-20-14/h1-2,6,9H,3-5,7-8H2. The molecule has 0 bridgehead atoms. The summed E-state index contributed by atoms with van der Waals surface area (Å²) in [5.41, 5.74) is 0.188. The van der Waals surface area contributed by atoms with E-state index in [0.29, 0.717) is 18.7 Å². The van der Waals surface area contributed by atoms with E-state index in [9.17, 15) is 9.18 Å². The number of hydrogen-bond acceptors (Lipinski definition) is 3. The zero-order valence-corrected chi connectivity index (χ0v) is 11.6. The Hall–Kier alpha value is -1.62. The molecule has 0 saturated carbocycles. The van der Waals surface area contributed by atoms with Crippen molar-refractivity contribution in [1.82, 2.24) is 4.90 Å². The van der Waals surface area contributed by atoms with Crippen LogP contribution in [0.15, 0.2) is 23.4 Å². The summed E-state index contributed by atoms with van der Waals surface area (Å²) in [7, 11) is 0. The summed E-state index contributed by atoms with van der Waals surface area (Å²) in [4.78, 5) is 19.5. The first-order chi connectivity index (χ1) is 9.60. The van der Waals surface area contributed by atoms with E-state index in [-0.39, 0.29) is 16.5 Å². The van der Waals surface area contributed by atoms with Gasteiger partial charge in [-0.15, -0.1) is 0 Å². The molecule has 0 atom stereocenters. The maximum Gasteiger partial charge on any atom is 0.253 e. The van der Waals surface area contributed by atoms with E-state index >= 15 is 0 Å². The van der Waals surface area contributed by atoms with Crippen LogP contribution in [0.25, 0.3) is 0 Å². The van der Waals surface area contributed by atoms with Crippen LogP contribution in [0.3, 0.4) is 0 Å². The molecule has 2 aliphatic heterocycles. The average molecular weight is 297 g/mol. The predicted octanol–water partition coefficient (Wildman–Crippen LogP) is 2.86. The number of hydrogen-bond donors (Lipinski definition) is 0. The molecule has 3 rings (SSSR count). The van der Waals surface area contributed by atoms with Gasteiger partial charge in [0, 0.05) is 44.1 Å². The van der Waals surface area contributed by atoms with Gasteiger partial charge >= 0.3 is 0 Å². The summed E-state index contributed by atoms with van der Waals surface area (Å²) >= 11 is 5.71. The summed E-state index contributed by atoms with van der Waals surface area (Å²) in [6.07, 6.45) is 4.09. The Morgan fingerprint density at radius 1 is 1.40 bits per heavy atom. The number of likely N-dealkylation sites (tertiary alicyclic amines) is 1. The summed E-state index contributed by atoms with van der Waals surface area (Å²) in [5.74, 6) is -0.641. The predicted molar refractivity (Wildman–Crippen MR) is 73.5 cm³/mol. The Morgan fingerprint density at radius 2 is 2.15 bits per heavy atom. The SMILES string of the molecule is O=C(c1ccc(F)c(Cl)c1)N1CCC2(CC=NO2)CC1. The van der Waals surface area contributed by atoms with Gasteiger partial charge in [0.25, 0.3) is 5.91 Å². The zero-order chi connectivity index (χ0) is 14.2. The van der Waals surface area contributed by atoms with E-state index < -0.39 is 5.82 Å². The normalized spacial score (nSPS) is 20.2. The molecule has 4 nitrogen and oxygen atoms in total. The Morgan fingerprint density at radius 3 is 2.75 bits per heavy atom. The molecule has 1 fully saturated rings. The Balaban J connectivity index is 1.68. The van der Waals surface area contributed by atoms with Gasteiger partial charge in [0.15, 0.2) is 0 Å². The van der Waals surface area contributed by atoms with Crippen molar-refractivity contribution in [1.29, 1.82) is 0 Å². The highest BCUT2D eigenvalue weighted by atomic mass is 35.5. The van der Waals surface area contributed by atoms with Gasteiger partial charge in [-0.1, -0.05) is 16.8 Å². The Kier molecular flexibility index (Phi) is 3.38. The number of carbonyl (C=O) groups is 1. The second-order valence-corrected chi connectivity index (χ2v) is 5.59. The number of oxime groups is 1. The van der Waals surface area contributed by atoms with E-state index in [0.717, 1.165) is 19.3 Å². The third-order valence-corrected chi connectivity index (χ3v) is 4.20. The summed E-state index contributed by atoms with van der Waals surface area (Å²) in [6.45, 7) is 1.22. The molecule has 6 heteroatoms. The Labute approximate surface area is 121 Å². The fourth-order valence-electron chi connectivity index (χ4n) is 2.61. The number of piperidine rings is 1. The maximum absolute atomic E-state index is 13.1. The van der Waals surface area contributed by atoms with Gasteiger partial charge in [-0.3, -0.25) is 4.79 Å². The lowest BCUT2D eigenvalue weighted by Gasteiger charge is -2.37. The molecule has 106 valence electrons. The van der Waals surface area contributed by atoms with Gasteiger partial charge in [0.2, 0.25) is 0 Å². The van der Waals surface area contributed by atoms with Gasteiger partial charge in [-0.25, -0.2) is 4.39 Å². The quantitative estimate of drug-likeness (QED) is 0.799. The molecule has 1 spiro atoms. The van der Waals surface area contributed by atoms with Gasteiger partial charge in [-0.2, -0.15) is 0 Å². The van der Waals surface area contributed by atoms with Gasteiger partial charge in [0.1, 0.15) is 11.4 Å². The van der Waals surface area contributed by atoms with Crippen LogP contribution in [0, 0.1) is 5.82 Å². The number of benzene rings is 1. The van der Waals surface area contributed by atoms with Crippen molar-refractivity contribution in [3.63, 3.8) is 0 Å². The van der Waals surface area contributed by atoms with Crippen LogP contribution in [0.4, 0.5) is 4.39 Å². The van der Waals surface area contributed by atoms with Crippen LogP contribution in [0.2, 0.25) is 5.02 Å². The molecular weight excluding hydrogens is 283 g/mol. The van der Waals surface area contributed by atoms with E-state index in [1.165, 1.54) is 18.2 Å². The number of nitrogens with zero attached hydrogens (tertiary/aromatic N) is 2. The molecule has 2 heterocycles. The number of rotatable bonds is 1. The molecule has 2 aliphatic rings. The maximum atomic E-state index is 13.1. The average Bonchev–Trinajstić information content (AvgIpc) is 2.90. The highest BCUT2D eigenvalue weighted by Crippen LogP contribution is 2.33. The number of halogens is 2. The van der Waals surface area contributed by atoms with Crippen molar-refractivity contribution in [2.24, 2.45) is 5.16 Å². The van der Waals surface area contributed by atoms with Crippen molar-refractivity contribution in [2.45, 2.75) is 24.9 Å². The van der Waals surface area contributed by atoms with Crippen LogP contribution >= 0.6 is 11.6 Å². The van der Waals surface area contributed by atoms with Crippen molar-refractivity contribution < 1.29 is 14.0 Å². The first kappa shape index (κ1) is 13.4. The fraction of sp³-hybridized carbons (Fsp3) is 0.429. The molecular formula is C14H14ClFN2O2.